The highest BCUT2D eigenvalue weighted by molar-refractivity contribution is 6.23. The number of imide groups is 2. The molecule has 2 atom stereocenters. The minimum atomic E-state index is -0.979. The number of likely N-dealkylation sites (tertiary alicyclic amines) is 1. The van der Waals surface area contributed by atoms with Crippen LogP contribution in [0.4, 0.5) is 10.5 Å². The summed E-state index contributed by atoms with van der Waals surface area (Å²) in [6.45, 7) is 2.67. The predicted octanol–water partition coefficient (Wildman–Crippen LogP) is 3.12. The summed E-state index contributed by atoms with van der Waals surface area (Å²) in [5.41, 5.74) is 2.71. The molecule has 4 aliphatic heterocycles. The second kappa shape index (κ2) is 11.8. The molecule has 2 unspecified atom stereocenters. The highest BCUT2D eigenvalue weighted by atomic mass is 16.4. The molecule has 0 bridgehead atoms. The van der Waals surface area contributed by atoms with Crippen molar-refractivity contribution >= 4 is 35.4 Å². The van der Waals surface area contributed by atoms with Crippen molar-refractivity contribution in [1.82, 2.24) is 20.0 Å². The summed E-state index contributed by atoms with van der Waals surface area (Å²) in [6, 6.07) is 15.3. The molecule has 11 heteroatoms. The number of carbonyl (C=O) groups excluding carboxylic acids is 4. The van der Waals surface area contributed by atoms with Gasteiger partial charge in [-0.3, -0.25) is 34.3 Å². The van der Waals surface area contributed by atoms with E-state index in [4.69, 9.17) is 0 Å². The van der Waals surface area contributed by atoms with E-state index in [-0.39, 0.29) is 24.4 Å². The number of benzene rings is 2. The second-order valence-corrected chi connectivity index (χ2v) is 12.0. The number of hydrogen-bond acceptors (Lipinski definition) is 7. The van der Waals surface area contributed by atoms with Crippen LogP contribution in [-0.4, -0.2) is 94.8 Å². The first-order chi connectivity index (χ1) is 20.7. The molecule has 2 N–H and O–H groups in total. The normalized spacial score (nSPS) is 22.7. The van der Waals surface area contributed by atoms with Crippen molar-refractivity contribution < 1.29 is 29.1 Å². The third-order valence-corrected chi connectivity index (χ3v) is 9.67. The first kappa shape index (κ1) is 28.9. The zero-order chi connectivity index (χ0) is 30.2. The van der Waals surface area contributed by atoms with Crippen LogP contribution < -0.4 is 10.2 Å². The number of nitrogens with zero attached hydrogens (tertiary/aromatic N) is 4. The Balaban J connectivity index is 1.15. The zero-order valence-electron chi connectivity index (χ0n) is 24.3. The first-order valence-electron chi connectivity index (χ1n) is 15.1. The molecule has 6 rings (SSSR count). The lowest BCUT2D eigenvalue weighted by Gasteiger charge is -2.45. The Kier molecular flexibility index (Phi) is 7.91. The number of carbonyl (C=O) groups is 5. The second-order valence-electron chi connectivity index (χ2n) is 12.0. The van der Waals surface area contributed by atoms with Gasteiger partial charge in [-0.2, -0.15) is 0 Å². The van der Waals surface area contributed by atoms with Crippen molar-refractivity contribution in [2.45, 2.75) is 56.7 Å². The van der Waals surface area contributed by atoms with Crippen LogP contribution >= 0.6 is 0 Å². The molecular formula is C32H37N5O6. The molecule has 5 amide bonds. The average Bonchev–Trinajstić information content (AvgIpc) is 3.27. The van der Waals surface area contributed by atoms with Crippen molar-refractivity contribution in [1.29, 1.82) is 0 Å². The highest BCUT2D eigenvalue weighted by Crippen LogP contribution is 2.39. The first-order valence-corrected chi connectivity index (χ1v) is 15.1. The van der Waals surface area contributed by atoms with E-state index in [1.807, 2.05) is 12.1 Å². The Bertz CT molecular complexity index is 1430. The number of carboxylic acid groups (broad SMARTS) is 1. The number of nitrogens with one attached hydrogen (secondary N) is 1. The van der Waals surface area contributed by atoms with E-state index in [9.17, 15) is 29.1 Å². The van der Waals surface area contributed by atoms with E-state index < -0.39 is 35.8 Å². The molecule has 2 aromatic rings. The molecule has 4 aliphatic rings. The molecule has 43 heavy (non-hydrogen) atoms. The Hall–Kier alpha value is -4.25. The van der Waals surface area contributed by atoms with Gasteiger partial charge in [-0.1, -0.05) is 30.3 Å². The maximum atomic E-state index is 13.3. The zero-order valence-corrected chi connectivity index (χ0v) is 24.3. The van der Waals surface area contributed by atoms with E-state index in [1.165, 1.54) is 10.5 Å². The number of fused-ring (bicyclic) bond motifs is 1. The van der Waals surface area contributed by atoms with E-state index in [0.717, 1.165) is 49.4 Å². The summed E-state index contributed by atoms with van der Waals surface area (Å²) in [7, 11) is 2.17. The van der Waals surface area contributed by atoms with Gasteiger partial charge in [0, 0.05) is 50.4 Å². The standard InChI is InChI=1S/C32H37N5O6/c1-34(22-13-17-36(18-14-22)32(42)43)28(20-5-3-2-4-6-20)21-11-15-35(16-12-21)23-7-8-24-25(19-23)31(41)37(30(24)40)26-9-10-27(38)33-29(26)39/h2-8,19,21-22,26,28H,9-18H2,1H3,(H,42,43)(H,33,38,39). The van der Waals surface area contributed by atoms with Gasteiger partial charge in [0.25, 0.3) is 11.8 Å². The lowest BCUT2D eigenvalue weighted by atomic mass is 9.83. The fourth-order valence-electron chi connectivity index (χ4n) is 7.31. The molecule has 0 aromatic heterocycles. The van der Waals surface area contributed by atoms with Gasteiger partial charge in [0.05, 0.1) is 11.1 Å². The summed E-state index contributed by atoms with van der Waals surface area (Å²) in [6.07, 6.45) is 2.85. The Morgan fingerprint density at radius 3 is 2.21 bits per heavy atom. The lowest BCUT2D eigenvalue weighted by Crippen LogP contribution is -2.54. The molecule has 0 radical (unpaired) electrons. The Morgan fingerprint density at radius 1 is 0.884 bits per heavy atom. The van der Waals surface area contributed by atoms with Crippen molar-refractivity contribution in [3.63, 3.8) is 0 Å². The number of amides is 5. The van der Waals surface area contributed by atoms with Gasteiger partial charge in [0.2, 0.25) is 11.8 Å². The van der Waals surface area contributed by atoms with Crippen LogP contribution in [0.2, 0.25) is 0 Å². The summed E-state index contributed by atoms with van der Waals surface area (Å²) < 4.78 is 0. The van der Waals surface area contributed by atoms with Crippen LogP contribution in [0.15, 0.2) is 48.5 Å². The van der Waals surface area contributed by atoms with Crippen LogP contribution in [-0.2, 0) is 9.59 Å². The van der Waals surface area contributed by atoms with Crippen LogP contribution in [0.5, 0.6) is 0 Å². The van der Waals surface area contributed by atoms with Crippen LogP contribution in [0.3, 0.4) is 0 Å². The molecule has 226 valence electrons. The Morgan fingerprint density at radius 2 is 1.56 bits per heavy atom. The highest BCUT2D eigenvalue weighted by Gasteiger charge is 2.45. The molecule has 0 spiro atoms. The molecule has 4 heterocycles. The predicted molar refractivity (Wildman–Crippen MR) is 158 cm³/mol. The summed E-state index contributed by atoms with van der Waals surface area (Å²) in [5.74, 6) is -1.61. The summed E-state index contributed by atoms with van der Waals surface area (Å²) in [5, 5.41) is 11.6. The summed E-state index contributed by atoms with van der Waals surface area (Å²) in [4.78, 5) is 69.1. The third kappa shape index (κ3) is 5.49. The molecule has 0 aliphatic carbocycles. The molecule has 0 saturated carbocycles. The van der Waals surface area contributed by atoms with Crippen LogP contribution in [0, 0.1) is 5.92 Å². The molecule has 3 saturated heterocycles. The topological polar surface area (TPSA) is 131 Å². The largest absolute Gasteiger partial charge is 0.465 e. The fraction of sp³-hybridized carbons (Fsp3) is 0.469. The van der Waals surface area contributed by atoms with E-state index in [2.05, 4.69) is 46.4 Å². The minimum absolute atomic E-state index is 0.0880. The number of rotatable bonds is 6. The molecule has 2 aromatic carbocycles. The molecular weight excluding hydrogens is 550 g/mol. The third-order valence-electron chi connectivity index (χ3n) is 9.67. The van der Waals surface area contributed by atoms with E-state index >= 15 is 0 Å². The fourth-order valence-corrected chi connectivity index (χ4v) is 7.31. The minimum Gasteiger partial charge on any atom is -0.465 e. The van der Waals surface area contributed by atoms with Crippen LogP contribution in [0.25, 0.3) is 0 Å². The van der Waals surface area contributed by atoms with Crippen molar-refractivity contribution in [2.75, 3.05) is 38.1 Å². The van der Waals surface area contributed by atoms with Gasteiger partial charge in [-0.15, -0.1) is 0 Å². The van der Waals surface area contributed by atoms with Crippen molar-refractivity contribution in [3.8, 4) is 0 Å². The van der Waals surface area contributed by atoms with Crippen molar-refractivity contribution in [3.05, 3.63) is 65.2 Å². The van der Waals surface area contributed by atoms with Gasteiger partial charge < -0.3 is 14.9 Å². The average molecular weight is 588 g/mol. The lowest BCUT2D eigenvalue weighted by molar-refractivity contribution is -0.136. The quantitative estimate of drug-likeness (QED) is 0.493. The molecule has 11 nitrogen and oxygen atoms in total. The van der Waals surface area contributed by atoms with Gasteiger partial charge in [0.1, 0.15) is 6.04 Å². The molecule has 3 fully saturated rings. The van der Waals surface area contributed by atoms with Crippen molar-refractivity contribution in [2.24, 2.45) is 5.92 Å². The maximum Gasteiger partial charge on any atom is 0.407 e. The number of hydrogen-bond donors (Lipinski definition) is 2. The number of anilines is 1. The SMILES string of the molecule is CN(C1CCN(C(=O)O)CC1)C(c1ccccc1)C1CCN(c2ccc3c(c2)C(=O)N(C2CCC(=O)NC2=O)C3=O)CC1. The van der Waals surface area contributed by atoms with Crippen LogP contribution in [0.1, 0.15) is 70.8 Å². The summed E-state index contributed by atoms with van der Waals surface area (Å²) >= 11 is 0. The van der Waals surface area contributed by atoms with Gasteiger partial charge in [-0.05, 0) is 68.8 Å². The van der Waals surface area contributed by atoms with E-state index in [1.54, 1.807) is 12.1 Å². The maximum absolute atomic E-state index is 13.3. The smallest absolute Gasteiger partial charge is 0.407 e. The number of piperidine rings is 3. The monoisotopic (exact) mass is 587 g/mol. The van der Waals surface area contributed by atoms with E-state index in [0.29, 0.717) is 30.6 Å². The van der Waals surface area contributed by atoms with Gasteiger partial charge in [-0.25, -0.2) is 4.79 Å². The van der Waals surface area contributed by atoms with Gasteiger partial charge >= 0.3 is 6.09 Å². The van der Waals surface area contributed by atoms with Gasteiger partial charge in [0.15, 0.2) is 0 Å². The Labute approximate surface area is 250 Å².